The van der Waals surface area contributed by atoms with Crippen LogP contribution in [0.1, 0.15) is 28.0 Å². The van der Waals surface area contributed by atoms with Crippen molar-refractivity contribution in [3.05, 3.63) is 58.6 Å². The molecule has 0 bridgehead atoms. The second kappa shape index (κ2) is 7.73. The van der Waals surface area contributed by atoms with E-state index in [1.807, 2.05) is 37.4 Å². The summed E-state index contributed by atoms with van der Waals surface area (Å²) < 4.78 is 0. The third-order valence-electron chi connectivity index (χ3n) is 4.29. The van der Waals surface area contributed by atoms with Crippen molar-refractivity contribution in [3.8, 4) is 0 Å². The molecule has 3 rings (SSSR count). The Morgan fingerprint density at radius 3 is 2.88 bits per heavy atom. The number of halogens is 1. The van der Waals surface area contributed by atoms with E-state index in [-0.39, 0.29) is 5.91 Å². The lowest BCUT2D eigenvalue weighted by Gasteiger charge is -2.16. The molecule has 2 aromatic heterocycles. The molecule has 0 aliphatic carbocycles. The smallest absolute Gasteiger partial charge is 0.252 e. The summed E-state index contributed by atoms with van der Waals surface area (Å²) in [6.45, 7) is 5.49. The Balaban J connectivity index is 1.45. The van der Waals surface area contributed by atoms with Crippen molar-refractivity contribution in [1.29, 1.82) is 0 Å². The van der Waals surface area contributed by atoms with Crippen LogP contribution in [0, 0.1) is 12.8 Å². The fourth-order valence-electron chi connectivity index (χ4n) is 2.92. The summed E-state index contributed by atoms with van der Waals surface area (Å²) in [5.41, 5.74) is 2.69. The van der Waals surface area contributed by atoms with E-state index in [2.05, 4.69) is 20.2 Å². The molecule has 1 amide bonds. The summed E-state index contributed by atoms with van der Waals surface area (Å²) in [6, 6.07) is 7.49. The molecule has 1 N–H and O–H groups in total. The maximum absolute atomic E-state index is 12.1. The van der Waals surface area contributed by atoms with Crippen LogP contribution in [0.4, 0.5) is 0 Å². The summed E-state index contributed by atoms with van der Waals surface area (Å²) in [6.07, 6.45) is 4.54. The van der Waals surface area contributed by atoms with Crippen LogP contribution in [0.5, 0.6) is 0 Å². The minimum atomic E-state index is -0.0529. The number of amides is 1. The fraction of sp³-hybridized carbons (Fsp3) is 0.389. The molecular formula is C18H21ClN4O. The molecule has 0 radical (unpaired) electrons. The molecule has 3 heterocycles. The van der Waals surface area contributed by atoms with E-state index in [4.69, 9.17) is 11.6 Å². The van der Waals surface area contributed by atoms with E-state index < -0.39 is 0 Å². The van der Waals surface area contributed by atoms with Gasteiger partial charge in [-0.1, -0.05) is 17.7 Å². The number of nitrogens with one attached hydrogen (secondary N) is 1. The predicted molar refractivity (Wildman–Crippen MR) is 93.9 cm³/mol. The highest BCUT2D eigenvalue weighted by Gasteiger charge is 2.23. The Morgan fingerprint density at radius 1 is 1.29 bits per heavy atom. The van der Waals surface area contributed by atoms with Gasteiger partial charge in [0.1, 0.15) is 5.15 Å². The van der Waals surface area contributed by atoms with Gasteiger partial charge in [-0.3, -0.25) is 14.7 Å². The zero-order chi connectivity index (χ0) is 16.9. The highest BCUT2D eigenvalue weighted by molar-refractivity contribution is 6.29. The zero-order valence-electron chi connectivity index (χ0n) is 13.7. The number of nitrogens with zero attached hydrogens (tertiary/aromatic N) is 3. The van der Waals surface area contributed by atoms with Crippen LogP contribution in [0.25, 0.3) is 0 Å². The van der Waals surface area contributed by atoms with E-state index in [0.717, 1.165) is 37.3 Å². The SMILES string of the molecule is Cc1ccc(C(=O)NC[C@H]2CCN(Cc3ccc(Cl)nc3)C2)cn1. The van der Waals surface area contributed by atoms with Gasteiger partial charge in [0.05, 0.1) is 5.56 Å². The van der Waals surface area contributed by atoms with Crippen LogP contribution < -0.4 is 5.32 Å². The second-order valence-corrected chi connectivity index (χ2v) is 6.66. The summed E-state index contributed by atoms with van der Waals surface area (Å²) in [7, 11) is 0. The maximum atomic E-state index is 12.1. The number of aryl methyl sites for hydroxylation is 1. The standard InChI is InChI=1S/C18H21ClN4O/c1-13-2-4-16(10-20-13)18(24)22-9-15-6-7-23(12-15)11-14-3-5-17(19)21-8-14/h2-5,8,10,15H,6-7,9,11-12H2,1H3,(H,22,24)/t15-/m1/s1. The number of carbonyl (C=O) groups excluding carboxylic acids is 1. The topological polar surface area (TPSA) is 58.1 Å². The lowest BCUT2D eigenvalue weighted by molar-refractivity contribution is 0.0947. The molecule has 1 fully saturated rings. The number of aromatic nitrogens is 2. The van der Waals surface area contributed by atoms with E-state index in [1.165, 1.54) is 0 Å². The monoisotopic (exact) mass is 344 g/mol. The predicted octanol–water partition coefficient (Wildman–Crippen LogP) is 2.69. The number of likely N-dealkylation sites (tertiary alicyclic amines) is 1. The molecular weight excluding hydrogens is 324 g/mol. The quantitative estimate of drug-likeness (QED) is 0.847. The molecule has 6 heteroatoms. The van der Waals surface area contributed by atoms with E-state index in [0.29, 0.717) is 23.2 Å². The normalized spacial score (nSPS) is 17.8. The number of hydrogen-bond acceptors (Lipinski definition) is 4. The van der Waals surface area contributed by atoms with Crippen molar-refractivity contribution in [2.75, 3.05) is 19.6 Å². The molecule has 1 saturated heterocycles. The summed E-state index contributed by atoms with van der Waals surface area (Å²) in [5, 5.41) is 3.54. The number of rotatable bonds is 5. The van der Waals surface area contributed by atoms with Gasteiger partial charge < -0.3 is 5.32 Å². The number of hydrogen-bond donors (Lipinski definition) is 1. The first-order valence-corrected chi connectivity index (χ1v) is 8.51. The Morgan fingerprint density at radius 2 is 2.17 bits per heavy atom. The van der Waals surface area contributed by atoms with Crippen LogP contribution in [0.3, 0.4) is 0 Å². The first kappa shape index (κ1) is 16.9. The Bertz CT molecular complexity index is 687. The maximum Gasteiger partial charge on any atom is 0.252 e. The first-order valence-electron chi connectivity index (χ1n) is 8.14. The Hall–Kier alpha value is -1.98. The van der Waals surface area contributed by atoms with Gasteiger partial charge in [-0.05, 0) is 49.6 Å². The van der Waals surface area contributed by atoms with Crippen LogP contribution in [0.15, 0.2) is 36.7 Å². The van der Waals surface area contributed by atoms with Crippen molar-refractivity contribution < 1.29 is 4.79 Å². The van der Waals surface area contributed by atoms with Gasteiger partial charge >= 0.3 is 0 Å². The molecule has 0 spiro atoms. The van der Waals surface area contributed by atoms with Crippen molar-refractivity contribution >= 4 is 17.5 Å². The average Bonchev–Trinajstić information content (AvgIpc) is 3.03. The molecule has 1 aliphatic heterocycles. The van der Waals surface area contributed by atoms with Crippen molar-refractivity contribution in [2.24, 2.45) is 5.92 Å². The van der Waals surface area contributed by atoms with E-state index in [1.54, 1.807) is 6.20 Å². The second-order valence-electron chi connectivity index (χ2n) is 6.28. The number of carbonyl (C=O) groups is 1. The van der Waals surface area contributed by atoms with Gasteiger partial charge in [-0.25, -0.2) is 4.98 Å². The molecule has 0 aromatic carbocycles. The van der Waals surface area contributed by atoms with E-state index in [9.17, 15) is 4.79 Å². The van der Waals surface area contributed by atoms with Crippen LogP contribution in [0.2, 0.25) is 5.15 Å². The lowest BCUT2D eigenvalue weighted by Crippen LogP contribution is -2.31. The molecule has 2 aromatic rings. The molecule has 126 valence electrons. The van der Waals surface area contributed by atoms with E-state index >= 15 is 0 Å². The van der Waals surface area contributed by atoms with Crippen molar-refractivity contribution in [3.63, 3.8) is 0 Å². The Labute approximate surface area is 147 Å². The minimum Gasteiger partial charge on any atom is -0.352 e. The van der Waals surface area contributed by atoms with Gasteiger partial charge in [0, 0.05) is 37.7 Å². The molecule has 1 atom stereocenters. The first-order chi connectivity index (χ1) is 11.6. The fourth-order valence-corrected chi connectivity index (χ4v) is 3.03. The third kappa shape index (κ3) is 4.52. The van der Waals surface area contributed by atoms with Gasteiger partial charge in [-0.2, -0.15) is 0 Å². The molecule has 24 heavy (non-hydrogen) atoms. The van der Waals surface area contributed by atoms with Gasteiger partial charge in [0.15, 0.2) is 0 Å². The van der Waals surface area contributed by atoms with Crippen LogP contribution in [-0.2, 0) is 6.54 Å². The van der Waals surface area contributed by atoms with Crippen molar-refractivity contribution in [2.45, 2.75) is 19.9 Å². The molecule has 0 saturated carbocycles. The molecule has 5 nitrogen and oxygen atoms in total. The summed E-state index contributed by atoms with van der Waals surface area (Å²) in [4.78, 5) is 22.8. The molecule has 1 aliphatic rings. The zero-order valence-corrected chi connectivity index (χ0v) is 14.5. The molecule has 0 unspecified atom stereocenters. The van der Waals surface area contributed by atoms with Crippen LogP contribution >= 0.6 is 11.6 Å². The third-order valence-corrected chi connectivity index (χ3v) is 4.51. The summed E-state index contributed by atoms with van der Waals surface area (Å²) >= 11 is 5.81. The van der Waals surface area contributed by atoms with Gasteiger partial charge in [0.25, 0.3) is 5.91 Å². The highest BCUT2D eigenvalue weighted by atomic mass is 35.5. The van der Waals surface area contributed by atoms with Gasteiger partial charge in [-0.15, -0.1) is 0 Å². The highest BCUT2D eigenvalue weighted by Crippen LogP contribution is 2.18. The number of pyridine rings is 2. The Kier molecular flexibility index (Phi) is 5.43. The lowest BCUT2D eigenvalue weighted by atomic mass is 10.1. The van der Waals surface area contributed by atoms with Crippen molar-refractivity contribution in [1.82, 2.24) is 20.2 Å². The summed E-state index contributed by atoms with van der Waals surface area (Å²) in [5.74, 6) is 0.426. The largest absolute Gasteiger partial charge is 0.352 e. The van der Waals surface area contributed by atoms with Gasteiger partial charge in [0.2, 0.25) is 0 Å². The minimum absolute atomic E-state index is 0.0529. The average molecular weight is 345 g/mol. The van der Waals surface area contributed by atoms with Crippen LogP contribution in [-0.4, -0.2) is 40.4 Å².